The number of nitrogens with zero attached hydrogens (tertiary/aromatic N) is 2. The molecule has 1 atom stereocenters. The average molecular weight is 469 g/mol. The molecule has 0 radical (unpaired) electrons. The van der Waals surface area contributed by atoms with Gasteiger partial charge in [0.05, 0.1) is 18.7 Å². The van der Waals surface area contributed by atoms with Crippen LogP contribution in [0.15, 0.2) is 53.7 Å². The lowest BCUT2D eigenvalue weighted by Crippen LogP contribution is -2.52. The van der Waals surface area contributed by atoms with E-state index in [0.29, 0.717) is 28.4 Å². The minimum Gasteiger partial charge on any atom is -0.466 e. The van der Waals surface area contributed by atoms with Gasteiger partial charge in [-0.1, -0.05) is 41.9 Å². The lowest BCUT2D eigenvalue weighted by molar-refractivity contribution is -0.136. The van der Waals surface area contributed by atoms with Gasteiger partial charge in [-0.2, -0.15) is 0 Å². The van der Waals surface area contributed by atoms with Crippen molar-refractivity contribution in [2.75, 3.05) is 44.7 Å². The Bertz CT molecular complexity index is 1090. The van der Waals surface area contributed by atoms with Crippen molar-refractivity contribution in [1.82, 2.24) is 15.5 Å². The van der Waals surface area contributed by atoms with Gasteiger partial charge >= 0.3 is 12.0 Å². The molecular formula is C25H29ClN4O3. The van der Waals surface area contributed by atoms with Crippen LogP contribution >= 0.6 is 11.6 Å². The van der Waals surface area contributed by atoms with E-state index in [1.165, 1.54) is 23.9 Å². The molecule has 2 aromatic rings. The van der Waals surface area contributed by atoms with Crippen molar-refractivity contribution in [1.29, 1.82) is 0 Å². The second-order valence-electron chi connectivity index (χ2n) is 8.49. The van der Waals surface area contributed by atoms with E-state index < -0.39 is 12.0 Å². The number of rotatable bonds is 5. The molecule has 2 aliphatic heterocycles. The van der Waals surface area contributed by atoms with Gasteiger partial charge in [0.15, 0.2) is 0 Å². The van der Waals surface area contributed by atoms with Gasteiger partial charge < -0.3 is 20.3 Å². The summed E-state index contributed by atoms with van der Waals surface area (Å²) in [6.07, 6.45) is 0. The molecule has 2 heterocycles. The van der Waals surface area contributed by atoms with Crippen LogP contribution in [0.25, 0.3) is 0 Å². The topological polar surface area (TPSA) is 73.9 Å². The van der Waals surface area contributed by atoms with E-state index in [9.17, 15) is 9.59 Å². The highest BCUT2D eigenvalue weighted by atomic mass is 35.5. The van der Waals surface area contributed by atoms with Gasteiger partial charge in [-0.15, -0.1) is 0 Å². The second-order valence-corrected chi connectivity index (χ2v) is 8.90. The lowest BCUT2D eigenvalue weighted by atomic mass is 9.95. The molecule has 1 fully saturated rings. The number of benzene rings is 2. The predicted octanol–water partition coefficient (Wildman–Crippen LogP) is 3.56. The predicted molar refractivity (Wildman–Crippen MR) is 129 cm³/mol. The highest BCUT2D eigenvalue weighted by Crippen LogP contribution is 2.32. The summed E-state index contributed by atoms with van der Waals surface area (Å²) in [5, 5.41) is 6.14. The molecule has 0 spiro atoms. The molecule has 2 aromatic carbocycles. The Morgan fingerprint density at radius 2 is 1.85 bits per heavy atom. The van der Waals surface area contributed by atoms with Crippen LogP contribution in [-0.2, 0) is 9.53 Å². The number of methoxy groups -OCH3 is 1. The van der Waals surface area contributed by atoms with E-state index in [0.717, 1.165) is 26.2 Å². The van der Waals surface area contributed by atoms with E-state index in [1.807, 2.05) is 18.2 Å². The van der Waals surface area contributed by atoms with E-state index in [-0.39, 0.29) is 6.03 Å². The summed E-state index contributed by atoms with van der Waals surface area (Å²) < 4.78 is 5.08. The molecule has 0 unspecified atom stereocenters. The third-order valence-electron chi connectivity index (χ3n) is 6.23. The molecule has 4 rings (SSSR count). The molecule has 2 N–H and O–H groups in total. The highest BCUT2D eigenvalue weighted by molar-refractivity contribution is 6.31. The minimum atomic E-state index is -0.675. The maximum Gasteiger partial charge on any atom is 0.338 e. The molecule has 0 aliphatic carbocycles. The molecule has 2 amide bonds. The van der Waals surface area contributed by atoms with E-state index in [2.05, 4.69) is 52.5 Å². The van der Waals surface area contributed by atoms with Crippen molar-refractivity contribution in [2.24, 2.45) is 0 Å². The van der Waals surface area contributed by atoms with Gasteiger partial charge in [0.2, 0.25) is 0 Å². The third kappa shape index (κ3) is 4.99. The fourth-order valence-electron chi connectivity index (χ4n) is 4.47. The number of nitrogens with one attached hydrogen (secondary N) is 2. The Hall–Kier alpha value is -3.03. The van der Waals surface area contributed by atoms with Crippen LogP contribution in [0.5, 0.6) is 0 Å². The van der Waals surface area contributed by atoms with Gasteiger partial charge in [0, 0.05) is 49.1 Å². The summed E-state index contributed by atoms with van der Waals surface area (Å²) in [6, 6.07) is 12.7. The summed E-state index contributed by atoms with van der Waals surface area (Å²) in [7, 11) is 1.34. The number of hydrogen-bond donors (Lipinski definition) is 2. The molecule has 8 heteroatoms. The maximum atomic E-state index is 12.8. The van der Waals surface area contributed by atoms with Crippen molar-refractivity contribution in [3.05, 3.63) is 75.4 Å². The van der Waals surface area contributed by atoms with E-state index in [1.54, 1.807) is 6.07 Å². The van der Waals surface area contributed by atoms with Gasteiger partial charge in [0.25, 0.3) is 0 Å². The van der Waals surface area contributed by atoms with Crippen LogP contribution in [0.2, 0.25) is 5.02 Å². The number of ether oxygens (including phenoxy) is 1. The number of esters is 1. The van der Waals surface area contributed by atoms with Crippen LogP contribution in [0.3, 0.4) is 0 Å². The number of anilines is 1. The molecule has 0 saturated carbocycles. The molecular weight excluding hydrogens is 440 g/mol. The number of halogens is 1. The normalized spacial score (nSPS) is 19.2. The first-order chi connectivity index (χ1) is 15.9. The Labute approximate surface area is 199 Å². The average Bonchev–Trinajstić information content (AvgIpc) is 2.81. The number of piperazine rings is 1. The van der Waals surface area contributed by atoms with Gasteiger partial charge in [-0.3, -0.25) is 4.90 Å². The summed E-state index contributed by atoms with van der Waals surface area (Å²) in [4.78, 5) is 29.9. The Morgan fingerprint density at radius 3 is 2.55 bits per heavy atom. The zero-order valence-electron chi connectivity index (χ0n) is 19.2. The maximum absolute atomic E-state index is 12.8. The highest BCUT2D eigenvalue weighted by Gasteiger charge is 2.35. The summed E-state index contributed by atoms with van der Waals surface area (Å²) in [6.45, 7) is 8.04. The molecule has 7 nitrogen and oxygen atoms in total. The number of carbonyl (C=O) groups is 2. The number of carbonyl (C=O) groups excluding carboxylic acids is 2. The van der Waals surface area contributed by atoms with Crippen molar-refractivity contribution in [3.8, 4) is 0 Å². The first-order valence-electron chi connectivity index (χ1n) is 11.0. The molecule has 174 valence electrons. The van der Waals surface area contributed by atoms with Crippen LogP contribution in [0.1, 0.15) is 22.7 Å². The Balaban J connectivity index is 1.56. The number of amides is 2. The first kappa shape index (κ1) is 23.1. The second kappa shape index (κ2) is 9.85. The number of aryl methyl sites for hydroxylation is 2. The monoisotopic (exact) mass is 468 g/mol. The number of urea groups is 1. The third-order valence-corrected chi connectivity index (χ3v) is 6.58. The lowest BCUT2D eigenvalue weighted by Gasteiger charge is -2.38. The fraction of sp³-hybridized carbons (Fsp3) is 0.360. The van der Waals surface area contributed by atoms with Crippen molar-refractivity contribution >= 4 is 29.3 Å². The Kier molecular flexibility index (Phi) is 6.91. The van der Waals surface area contributed by atoms with E-state index in [4.69, 9.17) is 16.3 Å². The Morgan fingerprint density at radius 1 is 1.12 bits per heavy atom. The van der Waals surface area contributed by atoms with Crippen molar-refractivity contribution in [3.63, 3.8) is 0 Å². The van der Waals surface area contributed by atoms with Crippen LogP contribution in [-0.4, -0.2) is 56.7 Å². The van der Waals surface area contributed by atoms with Gasteiger partial charge in [0.1, 0.15) is 0 Å². The molecule has 2 aliphatic rings. The summed E-state index contributed by atoms with van der Waals surface area (Å²) >= 11 is 6.39. The largest absolute Gasteiger partial charge is 0.466 e. The van der Waals surface area contributed by atoms with Crippen molar-refractivity contribution < 1.29 is 14.3 Å². The van der Waals surface area contributed by atoms with Crippen LogP contribution in [0, 0.1) is 13.8 Å². The summed E-state index contributed by atoms with van der Waals surface area (Å²) in [5.41, 5.74) is 5.36. The van der Waals surface area contributed by atoms with Gasteiger partial charge in [-0.25, -0.2) is 9.59 Å². The van der Waals surface area contributed by atoms with Crippen LogP contribution in [0.4, 0.5) is 10.5 Å². The number of hydrogen-bond acceptors (Lipinski definition) is 5. The molecule has 0 aromatic heterocycles. The molecule has 0 bridgehead atoms. The quantitative estimate of drug-likeness (QED) is 0.656. The first-order valence-corrected chi connectivity index (χ1v) is 11.4. The summed E-state index contributed by atoms with van der Waals surface area (Å²) in [5.74, 6) is -0.489. The fourth-order valence-corrected chi connectivity index (χ4v) is 4.71. The van der Waals surface area contributed by atoms with E-state index >= 15 is 0 Å². The molecule has 1 saturated heterocycles. The SMILES string of the molecule is COC(=O)C1=C(CN2CCN(c3cc(C)ccc3C)CC2)NC(=O)N[C@@H]1c1ccccc1Cl. The zero-order chi connectivity index (χ0) is 23.5. The minimum absolute atomic E-state index is 0.364. The van der Waals surface area contributed by atoms with Crippen molar-refractivity contribution in [2.45, 2.75) is 19.9 Å². The molecule has 33 heavy (non-hydrogen) atoms. The van der Waals surface area contributed by atoms with Gasteiger partial charge in [-0.05, 0) is 42.7 Å². The standard InChI is InChI=1S/C25H29ClN4O3/c1-16-8-9-17(2)21(14-16)30-12-10-29(11-13-30)15-20-22(24(31)33-3)23(28-25(32)27-20)18-6-4-5-7-19(18)26/h4-9,14,23H,10-13,15H2,1-3H3,(H2,27,28,32)/t23-/m1/s1. The smallest absolute Gasteiger partial charge is 0.338 e. The zero-order valence-corrected chi connectivity index (χ0v) is 19.9. The van der Waals surface area contributed by atoms with Crippen LogP contribution < -0.4 is 15.5 Å².